The van der Waals surface area contributed by atoms with E-state index in [0.29, 0.717) is 17.5 Å². The van der Waals surface area contributed by atoms with Gasteiger partial charge in [0.1, 0.15) is 5.82 Å². The number of nitrogens with one attached hydrogen (secondary N) is 1. The first kappa shape index (κ1) is 14.5. The average Bonchev–Trinajstić information content (AvgIpc) is 3.13. The lowest BCUT2D eigenvalue weighted by atomic mass is 10.1. The Morgan fingerprint density at radius 2 is 2.04 bits per heavy atom. The molecule has 0 spiro atoms. The molecule has 4 heterocycles. The zero-order chi connectivity index (χ0) is 16.4. The summed E-state index contributed by atoms with van der Waals surface area (Å²) in [6.45, 7) is 1.58. The summed E-state index contributed by atoms with van der Waals surface area (Å²) in [5.41, 5.74) is 1.34. The van der Waals surface area contributed by atoms with E-state index in [1.807, 2.05) is 12.1 Å². The van der Waals surface area contributed by atoms with Gasteiger partial charge in [0.05, 0.1) is 5.69 Å². The molecule has 120 valence electrons. The normalized spacial score (nSPS) is 17.2. The number of rotatable bonds is 3. The Balaban J connectivity index is 1.61. The van der Waals surface area contributed by atoms with Crippen molar-refractivity contribution in [2.75, 3.05) is 18.0 Å². The van der Waals surface area contributed by atoms with Crippen molar-refractivity contribution in [3.8, 4) is 11.3 Å². The molecule has 1 aliphatic rings. The third-order valence-corrected chi connectivity index (χ3v) is 4.13. The molecule has 1 aliphatic heterocycles. The number of nitrogens with zero attached hydrogens (tertiary/aromatic N) is 5. The Morgan fingerprint density at radius 1 is 1.17 bits per heavy atom. The highest BCUT2D eigenvalue weighted by atomic mass is 16.1. The predicted molar refractivity (Wildman–Crippen MR) is 89.7 cm³/mol. The zero-order valence-electron chi connectivity index (χ0n) is 13.0. The second kappa shape index (κ2) is 6.19. The van der Waals surface area contributed by atoms with Crippen molar-refractivity contribution in [3.63, 3.8) is 0 Å². The summed E-state index contributed by atoms with van der Waals surface area (Å²) in [4.78, 5) is 34.3. The molecule has 1 N–H and O–H groups in total. The van der Waals surface area contributed by atoms with Crippen LogP contribution in [0.1, 0.15) is 18.2 Å². The summed E-state index contributed by atoms with van der Waals surface area (Å²) in [5, 5.41) is 0. The zero-order valence-corrected chi connectivity index (χ0v) is 13.0. The van der Waals surface area contributed by atoms with Crippen molar-refractivity contribution in [2.45, 2.75) is 12.3 Å². The number of aromatic nitrogens is 5. The lowest BCUT2D eigenvalue weighted by molar-refractivity contribution is 0.704. The van der Waals surface area contributed by atoms with Crippen molar-refractivity contribution in [3.05, 3.63) is 65.2 Å². The van der Waals surface area contributed by atoms with E-state index in [2.05, 4.69) is 29.8 Å². The van der Waals surface area contributed by atoms with E-state index in [9.17, 15) is 4.79 Å². The van der Waals surface area contributed by atoms with Crippen LogP contribution in [0, 0.1) is 0 Å². The van der Waals surface area contributed by atoms with Crippen LogP contribution in [0.5, 0.6) is 0 Å². The minimum Gasteiger partial charge on any atom is -0.340 e. The number of pyridine rings is 1. The van der Waals surface area contributed by atoms with Crippen LogP contribution in [0.15, 0.2) is 53.8 Å². The largest absolute Gasteiger partial charge is 0.340 e. The van der Waals surface area contributed by atoms with Crippen molar-refractivity contribution in [1.82, 2.24) is 24.9 Å². The van der Waals surface area contributed by atoms with Gasteiger partial charge in [-0.2, -0.15) is 0 Å². The molecule has 0 amide bonds. The van der Waals surface area contributed by atoms with E-state index in [0.717, 1.165) is 25.1 Å². The molecule has 7 heteroatoms. The first-order valence-electron chi connectivity index (χ1n) is 7.83. The number of H-pyrrole nitrogens is 1. The van der Waals surface area contributed by atoms with Gasteiger partial charge in [-0.3, -0.25) is 9.78 Å². The molecule has 24 heavy (non-hydrogen) atoms. The molecular formula is C17H16N6O. The van der Waals surface area contributed by atoms with Crippen molar-refractivity contribution in [2.24, 2.45) is 0 Å². The van der Waals surface area contributed by atoms with E-state index in [-0.39, 0.29) is 11.5 Å². The summed E-state index contributed by atoms with van der Waals surface area (Å²) in [7, 11) is 0. The van der Waals surface area contributed by atoms with Crippen LogP contribution in [-0.4, -0.2) is 38.0 Å². The number of anilines is 1. The van der Waals surface area contributed by atoms with Gasteiger partial charge in [0.25, 0.3) is 5.56 Å². The molecule has 0 aliphatic carbocycles. The Bertz CT molecular complexity index is 880. The summed E-state index contributed by atoms with van der Waals surface area (Å²) in [5.74, 6) is 1.57. The molecule has 1 fully saturated rings. The van der Waals surface area contributed by atoms with Gasteiger partial charge in [-0.15, -0.1) is 0 Å². The molecule has 1 atom stereocenters. The molecule has 3 aromatic rings. The van der Waals surface area contributed by atoms with Gasteiger partial charge in [0.2, 0.25) is 5.95 Å². The number of aromatic amines is 1. The molecule has 3 aromatic heterocycles. The fraction of sp³-hybridized carbons (Fsp3) is 0.235. The average molecular weight is 320 g/mol. The van der Waals surface area contributed by atoms with Crippen LogP contribution in [0.3, 0.4) is 0 Å². The Labute approximate surface area is 138 Å². The Kier molecular flexibility index (Phi) is 3.74. The predicted octanol–water partition coefficient (Wildman–Crippen LogP) is 1.62. The summed E-state index contributed by atoms with van der Waals surface area (Å²) < 4.78 is 0. The topological polar surface area (TPSA) is 87.7 Å². The van der Waals surface area contributed by atoms with E-state index in [1.54, 1.807) is 30.9 Å². The summed E-state index contributed by atoms with van der Waals surface area (Å²) in [6.07, 6.45) is 7.78. The molecular weight excluding hydrogens is 304 g/mol. The third kappa shape index (κ3) is 2.88. The number of hydrogen-bond donors (Lipinski definition) is 1. The Hall–Kier alpha value is -3.09. The molecule has 0 bridgehead atoms. The summed E-state index contributed by atoms with van der Waals surface area (Å²) >= 11 is 0. The smallest absolute Gasteiger partial charge is 0.251 e. The molecule has 1 saturated heterocycles. The van der Waals surface area contributed by atoms with E-state index >= 15 is 0 Å². The molecule has 0 radical (unpaired) electrons. The van der Waals surface area contributed by atoms with Crippen molar-refractivity contribution in [1.29, 1.82) is 0 Å². The van der Waals surface area contributed by atoms with Crippen LogP contribution < -0.4 is 10.5 Å². The molecule has 1 unspecified atom stereocenters. The molecule has 7 nitrogen and oxygen atoms in total. The van der Waals surface area contributed by atoms with Gasteiger partial charge >= 0.3 is 0 Å². The van der Waals surface area contributed by atoms with Gasteiger partial charge in [0, 0.05) is 55.4 Å². The highest BCUT2D eigenvalue weighted by Gasteiger charge is 2.27. The monoisotopic (exact) mass is 320 g/mol. The minimum atomic E-state index is -0.145. The minimum absolute atomic E-state index is 0.145. The van der Waals surface area contributed by atoms with Gasteiger partial charge < -0.3 is 9.88 Å². The van der Waals surface area contributed by atoms with Gasteiger partial charge in [-0.05, 0) is 24.6 Å². The van der Waals surface area contributed by atoms with Crippen LogP contribution in [0.4, 0.5) is 5.95 Å². The quantitative estimate of drug-likeness (QED) is 0.789. The van der Waals surface area contributed by atoms with Crippen LogP contribution in [-0.2, 0) is 0 Å². The maximum absolute atomic E-state index is 12.0. The second-order valence-corrected chi connectivity index (χ2v) is 5.74. The molecule has 0 aromatic carbocycles. The van der Waals surface area contributed by atoms with Crippen molar-refractivity contribution < 1.29 is 0 Å². The maximum atomic E-state index is 12.0. The Morgan fingerprint density at radius 3 is 2.83 bits per heavy atom. The number of hydrogen-bond acceptors (Lipinski definition) is 6. The fourth-order valence-corrected chi connectivity index (χ4v) is 2.95. The standard InChI is InChI=1S/C17H16N6O/c24-15-9-14(12-3-1-5-18-10-12)21-16(22-15)13-4-8-23(11-13)17-19-6-2-7-20-17/h1-3,5-7,9-10,13H,4,8,11H2,(H,21,22,24). The van der Waals surface area contributed by atoms with Gasteiger partial charge in [-0.1, -0.05) is 0 Å². The van der Waals surface area contributed by atoms with E-state index in [1.165, 1.54) is 6.07 Å². The van der Waals surface area contributed by atoms with Crippen LogP contribution >= 0.6 is 0 Å². The third-order valence-electron chi connectivity index (χ3n) is 4.13. The first-order chi connectivity index (χ1) is 11.8. The highest BCUT2D eigenvalue weighted by molar-refractivity contribution is 5.57. The maximum Gasteiger partial charge on any atom is 0.251 e. The summed E-state index contributed by atoms with van der Waals surface area (Å²) in [6, 6.07) is 7.04. The lowest BCUT2D eigenvalue weighted by Crippen LogP contribution is -2.22. The molecule has 0 saturated carbocycles. The van der Waals surface area contributed by atoms with Crippen LogP contribution in [0.2, 0.25) is 0 Å². The van der Waals surface area contributed by atoms with E-state index < -0.39 is 0 Å². The van der Waals surface area contributed by atoms with Gasteiger partial charge in [-0.25, -0.2) is 15.0 Å². The first-order valence-corrected chi connectivity index (χ1v) is 7.83. The van der Waals surface area contributed by atoms with Crippen molar-refractivity contribution >= 4 is 5.95 Å². The van der Waals surface area contributed by atoms with E-state index in [4.69, 9.17) is 0 Å². The van der Waals surface area contributed by atoms with Gasteiger partial charge in [0.15, 0.2) is 0 Å². The fourth-order valence-electron chi connectivity index (χ4n) is 2.95. The molecule has 4 rings (SSSR count). The highest BCUT2D eigenvalue weighted by Crippen LogP contribution is 2.27. The second-order valence-electron chi connectivity index (χ2n) is 5.74. The SMILES string of the molecule is O=c1cc(-c2cccnc2)nc(C2CCN(c3ncccn3)C2)[nH]1. The van der Waals surface area contributed by atoms with Crippen LogP contribution in [0.25, 0.3) is 11.3 Å². The lowest BCUT2D eigenvalue weighted by Gasteiger charge is -2.15.